The maximum Gasteiger partial charge on any atom is 0.348 e. The lowest BCUT2D eigenvalue weighted by Crippen LogP contribution is -2.15. The number of anilines is 1. The average molecular weight is 495 g/mol. The van der Waals surface area contributed by atoms with Crippen molar-refractivity contribution in [2.75, 3.05) is 19.5 Å². The summed E-state index contributed by atoms with van der Waals surface area (Å²) >= 11 is 7.32. The van der Waals surface area contributed by atoms with Gasteiger partial charge in [0.15, 0.2) is 0 Å². The topological polar surface area (TPSA) is 94.6 Å². The van der Waals surface area contributed by atoms with Crippen LogP contribution in [0.1, 0.15) is 36.0 Å². The van der Waals surface area contributed by atoms with E-state index in [1.807, 2.05) is 24.3 Å². The van der Waals surface area contributed by atoms with Crippen molar-refractivity contribution in [3.8, 4) is 11.3 Å². The number of thiophene rings is 1. The second-order valence-corrected chi connectivity index (χ2v) is 8.68. The van der Waals surface area contributed by atoms with Gasteiger partial charge < -0.3 is 14.8 Å². The molecule has 9 heteroatoms. The number of esters is 2. The zero-order valence-corrected chi connectivity index (χ0v) is 20.0. The van der Waals surface area contributed by atoms with Gasteiger partial charge in [-0.1, -0.05) is 48.0 Å². The molecule has 0 radical (unpaired) electrons. The largest absolute Gasteiger partial charge is 0.465 e. The highest BCUT2D eigenvalue weighted by atomic mass is 35.5. The molecule has 0 saturated heterocycles. The molecular weight excluding hydrogens is 476 g/mol. The summed E-state index contributed by atoms with van der Waals surface area (Å²) in [7, 11) is 2.48. The number of amides is 1. The molecule has 0 aliphatic heterocycles. The standard InChI is InChI=1S/C25H19ClN2O5S/c1-13-20(24(30)32-2)23(34-21(13)25(31)33-3)28-22(29)16-12-19(15-9-4-6-10-17(15)26)27-18-11-7-5-8-14(16)18/h4-12H,1-3H3,(H,28,29). The molecule has 0 atom stereocenters. The zero-order chi connectivity index (χ0) is 24.4. The Bertz CT molecular complexity index is 1450. The molecule has 4 aromatic rings. The van der Waals surface area contributed by atoms with Crippen LogP contribution in [0.3, 0.4) is 0 Å². The van der Waals surface area contributed by atoms with Crippen molar-refractivity contribution in [2.24, 2.45) is 0 Å². The monoisotopic (exact) mass is 494 g/mol. The average Bonchev–Trinajstić information content (AvgIpc) is 3.18. The number of aromatic nitrogens is 1. The Morgan fingerprint density at radius 2 is 1.65 bits per heavy atom. The van der Waals surface area contributed by atoms with Crippen molar-refractivity contribution in [3.63, 3.8) is 0 Å². The minimum atomic E-state index is -0.671. The predicted octanol–water partition coefficient (Wildman–Crippen LogP) is 5.75. The van der Waals surface area contributed by atoms with Gasteiger partial charge in [0, 0.05) is 16.0 Å². The normalized spacial score (nSPS) is 10.7. The Morgan fingerprint density at radius 1 is 0.971 bits per heavy atom. The molecule has 7 nitrogen and oxygen atoms in total. The van der Waals surface area contributed by atoms with Gasteiger partial charge in [-0.3, -0.25) is 4.79 Å². The molecule has 1 amide bonds. The molecule has 0 fully saturated rings. The van der Waals surface area contributed by atoms with E-state index in [9.17, 15) is 14.4 Å². The summed E-state index contributed by atoms with van der Waals surface area (Å²) in [6.07, 6.45) is 0. The number of nitrogens with one attached hydrogen (secondary N) is 1. The van der Waals surface area contributed by atoms with Gasteiger partial charge in [0.1, 0.15) is 9.88 Å². The molecule has 0 spiro atoms. The summed E-state index contributed by atoms with van der Waals surface area (Å²) in [5.74, 6) is -1.76. The number of nitrogens with zero attached hydrogens (tertiary/aromatic N) is 1. The molecule has 2 heterocycles. The van der Waals surface area contributed by atoms with Crippen molar-refractivity contribution >= 4 is 56.7 Å². The molecule has 2 aromatic carbocycles. The van der Waals surface area contributed by atoms with Gasteiger partial charge in [0.25, 0.3) is 5.91 Å². The molecule has 4 rings (SSSR count). The first-order chi connectivity index (χ1) is 16.3. The number of carbonyl (C=O) groups excluding carboxylic acids is 3. The van der Waals surface area contributed by atoms with Crippen LogP contribution in [0.5, 0.6) is 0 Å². The number of para-hydroxylation sites is 1. The number of rotatable bonds is 5. The number of benzene rings is 2. The number of fused-ring (bicyclic) bond motifs is 1. The van der Waals surface area contributed by atoms with Crippen molar-refractivity contribution in [1.29, 1.82) is 0 Å². The Hall–Kier alpha value is -3.75. The predicted molar refractivity (Wildman–Crippen MR) is 132 cm³/mol. The fraction of sp³-hybridized carbons (Fsp3) is 0.120. The quantitative estimate of drug-likeness (QED) is 0.355. The first-order valence-electron chi connectivity index (χ1n) is 10.1. The summed E-state index contributed by atoms with van der Waals surface area (Å²) in [4.78, 5) is 43.0. The van der Waals surface area contributed by atoms with Crippen LogP contribution < -0.4 is 5.32 Å². The van der Waals surface area contributed by atoms with Crippen LogP contribution in [0.25, 0.3) is 22.2 Å². The van der Waals surface area contributed by atoms with E-state index < -0.39 is 17.8 Å². The van der Waals surface area contributed by atoms with Gasteiger partial charge in [-0.2, -0.15) is 0 Å². The number of ether oxygens (including phenoxy) is 2. The first kappa shape index (κ1) is 23.4. The molecule has 172 valence electrons. The molecule has 0 saturated carbocycles. The number of hydrogen-bond donors (Lipinski definition) is 1. The first-order valence-corrected chi connectivity index (χ1v) is 11.3. The molecule has 0 aliphatic carbocycles. The SMILES string of the molecule is COC(=O)c1sc(NC(=O)c2cc(-c3ccccc3Cl)nc3ccccc23)c(C(=O)OC)c1C. The lowest BCUT2D eigenvalue weighted by atomic mass is 10.0. The van der Waals surface area contributed by atoms with E-state index in [-0.39, 0.29) is 15.4 Å². The van der Waals surface area contributed by atoms with Crippen molar-refractivity contribution in [1.82, 2.24) is 4.98 Å². The van der Waals surface area contributed by atoms with Gasteiger partial charge in [-0.15, -0.1) is 11.3 Å². The number of methoxy groups -OCH3 is 2. The zero-order valence-electron chi connectivity index (χ0n) is 18.5. The fourth-order valence-electron chi connectivity index (χ4n) is 3.58. The molecule has 2 aromatic heterocycles. The van der Waals surface area contributed by atoms with E-state index in [1.54, 1.807) is 37.3 Å². The highest BCUT2D eigenvalue weighted by Gasteiger charge is 2.27. The number of pyridine rings is 1. The van der Waals surface area contributed by atoms with Crippen molar-refractivity contribution in [3.05, 3.63) is 81.2 Å². The number of hydrogen-bond acceptors (Lipinski definition) is 7. The third-order valence-corrected chi connectivity index (χ3v) is 6.76. The molecule has 34 heavy (non-hydrogen) atoms. The Morgan fingerprint density at radius 3 is 2.35 bits per heavy atom. The summed E-state index contributed by atoms with van der Waals surface area (Å²) < 4.78 is 9.68. The molecule has 0 aliphatic rings. The minimum absolute atomic E-state index is 0.103. The van der Waals surface area contributed by atoms with Gasteiger partial charge in [0.05, 0.1) is 36.6 Å². The third-order valence-electron chi connectivity index (χ3n) is 5.24. The lowest BCUT2D eigenvalue weighted by Gasteiger charge is -2.11. The number of carbonyl (C=O) groups is 3. The van der Waals surface area contributed by atoms with Crippen LogP contribution in [0.15, 0.2) is 54.6 Å². The third kappa shape index (κ3) is 4.25. The Labute approximate surface area is 204 Å². The summed E-state index contributed by atoms with van der Waals surface area (Å²) in [5.41, 5.74) is 2.62. The maximum atomic E-state index is 13.5. The van der Waals surface area contributed by atoms with E-state index in [0.717, 1.165) is 11.3 Å². The maximum absolute atomic E-state index is 13.5. The fourth-order valence-corrected chi connectivity index (χ4v) is 4.92. The van der Waals surface area contributed by atoms with Crippen LogP contribution in [0.2, 0.25) is 5.02 Å². The van der Waals surface area contributed by atoms with Crippen molar-refractivity contribution < 1.29 is 23.9 Å². The smallest absolute Gasteiger partial charge is 0.348 e. The lowest BCUT2D eigenvalue weighted by molar-refractivity contribution is 0.0601. The van der Waals surface area contributed by atoms with Gasteiger partial charge in [-0.25, -0.2) is 14.6 Å². The molecule has 0 bridgehead atoms. The van der Waals surface area contributed by atoms with E-state index in [1.165, 1.54) is 14.2 Å². The van der Waals surface area contributed by atoms with Gasteiger partial charge in [-0.05, 0) is 30.7 Å². The van der Waals surface area contributed by atoms with E-state index in [4.69, 9.17) is 21.1 Å². The second kappa shape index (κ2) is 9.62. The van der Waals surface area contributed by atoms with Gasteiger partial charge >= 0.3 is 11.9 Å². The van der Waals surface area contributed by atoms with Gasteiger partial charge in [0.2, 0.25) is 0 Å². The van der Waals surface area contributed by atoms with Crippen molar-refractivity contribution in [2.45, 2.75) is 6.92 Å². The van der Waals surface area contributed by atoms with Crippen LogP contribution >= 0.6 is 22.9 Å². The Balaban J connectivity index is 1.84. The number of halogens is 1. The Kier molecular flexibility index (Phi) is 6.63. The van der Waals surface area contributed by atoms with Crippen LogP contribution in [0.4, 0.5) is 5.00 Å². The van der Waals surface area contributed by atoms with E-state index in [0.29, 0.717) is 38.3 Å². The summed E-state index contributed by atoms with van der Waals surface area (Å²) in [5, 5.41) is 4.09. The highest BCUT2D eigenvalue weighted by molar-refractivity contribution is 7.18. The molecular formula is C25H19ClN2O5S. The van der Waals surface area contributed by atoms with Crippen LogP contribution in [-0.4, -0.2) is 37.0 Å². The minimum Gasteiger partial charge on any atom is -0.465 e. The van der Waals surface area contributed by atoms with Crippen LogP contribution in [-0.2, 0) is 9.47 Å². The van der Waals surface area contributed by atoms with Crippen LogP contribution in [0, 0.1) is 6.92 Å². The van der Waals surface area contributed by atoms with E-state index in [2.05, 4.69) is 10.3 Å². The summed E-state index contributed by atoms with van der Waals surface area (Å²) in [6, 6.07) is 16.1. The molecule has 0 unspecified atom stereocenters. The van der Waals surface area contributed by atoms with E-state index >= 15 is 0 Å². The highest BCUT2D eigenvalue weighted by Crippen LogP contribution is 2.35. The second-order valence-electron chi connectivity index (χ2n) is 7.25. The molecule has 1 N–H and O–H groups in total. The summed E-state index contributed by atoms with van der Waals surface area (Å²) in [6.45, 7) is 1.60.